The predicted molar refractivity (Wildman–Crippen MR) is 172 cm³/mol. The van der Waals surface area contributed by atoms with Gasteiger partial charge in [-0.25, -0.2) is 4.68 Å². The zero-order valence-electron chi connectivity index (χ0n) is 26.3. The fraction of sp³-hybridized carbons (Fsp3) is 0.389. The standard InChI is InChI=1S/C36H40F3N5O2/c1-26(44-33(41-34(45)24-40-44)18-15-27-7-5-3-4-6-8-27)35(46)43(32-19-21-42(2)22-20-32)25-30-11-9-28(10-12-30)23-29-13-16-31(17-14-29)36(37,38)39/h3-5,7-14,16-17,24,26,32H,6,15,18-23,25H2,1-2H3. The molecule has 1 aliphatic carbocycles. The van der Waals surface area contributed by atoms with Crippen molar-refractivity contribution in [2.24, 2.45) is 0 Å². The number of allylic oxidation sites excluding steroid dienone is 6. The maximum atomic E-state index is 14.3. The lowest BCUT2D eigenvalue weighted by atomic mass is 10.00. The Hall–Kier alpha value is -4.31. The molecule has 10 heteroatoms. The second-order valence-electron chi connectivity index (χ2n) is 12.1. The summed E-state index contributed by atoms with van der Waals surface area (Å²) in [6.45, 7) is 3.99. The number of benzene rings is 2. The van der Waals surface area contributed by atoms with Crippen molar-refractivity contribution in [3.8, 4) is 0 Å². The van der Waals surface area contributed by atoms with Gasteiger partial charge in [0.05, 0.1) is 5.56 Å². The van der Waals surface area contributed by atoms with E-state index in [1.165, 1.54) is 12.1 Å². The molecule has 2 aromatic carbocycles. The van der Waals surface area contributed by atoms with E-state index in [-0.39, 0.29) is 11.9 Å². The molecule has 242 valence electrons. The Bertz CT molecular complexity index is 1630. The molecule has 46 heavy (non-hydrogen) atoms. The molecular formula is C36H40F3N5O2. The number of piperidine rings is 1. The van der Waals surface area contributed by atoms with Gasteiger partial charge in [-0.2, -0.15) is 23.3 Å². The van der Waals surface area contributed by atoms with Crippen molar-refractivity contribution in [3.05, 3.63) is 129 Å². The van der Waals surface area contributed by atoms with Gasteiger partial charge in [0.1, 0.15) is 18.1 Å². The highest BCUT2D eigenvalue weighted by atomic mass is 19.4. The maximum absolute atomic E-state index is 14.3. The molecule has 1 unspecified atom stereocenters. The number of alkyl halides is 3. The summed E-state index contributed by atoms with van der Waals surface area (Å²) in [5.74, 6) is 0.399. The second-order valence-corrected chi connectivity index (χ2v) is 12.1. The highest BCUT2D eigenvalue weighted by Crippen LogP contribution is 2.29. The van der Waals surface area contributed by atoms with Gasteiger partial charge in [0.2, 0.25) is 5.91 Å². The minimum absolute atomic E-state index is 0.0440. The Labute approximate surface area is 267 Å². The van der Waals surface area contributed by atoms with Crippen molar-refractivity contribution in [2.45, 2.75) is 70.3 Å². The normalized spacial score (nSPS) is 16.6. The predicted octanol–water partition coefficient (Wildman–Crippen LogP) is 6.31. The second kappa shape index (κ2) is 14.9. The van der Waals surface area contributed by atoms with E-state index in [1.54, 1.807) is 4.68 Å². The fourth-order valence-corrected chi connectivity index (χ4v) is 5.99. The molecule has 2 aliphatic rings. The highest BCUT2D eigenvalue weighted by molar-refractivity contribution is 5.80. The Balaban J connectivity index is 1.32. The van der Waals surface area contributed by atoms with Crippen molar-refractivity contribution in [1.82, 2.24) is 24.6 Å². The smallest absolute Gasteiger partial charge is 0.333 e. The highest BCUT2D eigenvalue weighted by Gasteiger charge is 2.32. The van der Waals surface area contributed by atoms with Gasteiger partial charge in [0.15, 0.2) is 0 Å². The zero-order valence-corrected chi connectivity index (χ0v) is 26.3. The lowest BCUT2D eigenvalue weighted by molar-refractivity contribution is -0.139. The van der Waals surface area contributed by atoms with E-state index < -0.39 is 23.3 Å². The van der Waals surface area contributed by atoms with Crippen molar-refractivity contribution >= 4 is 5.91 Å². The summed E-state index contributed by atoms with van der Waals surface area (Å²) < 4.78 is 40.4. The third kappa shape index (κ3) is 8.69. The molecule has 5 rings (SSSR count). The van der Waals surface area contributed by atoms with Gasteiger partial charge in [0, 0.05) is 19.0 Å². The molecule has 7 nitrogen and oxygen atoms in total. The molecule has 1 atom stereocenters. The van der Waals surface area contributed by atoms with Gasteiger partial charge < -0.3 is 9.80 Å². The monoisotopic (exact) mass is 631 g/mol. The number of carbonyl (C=O) groups is 1. The minimum atomic E-state index is -4.36. The van der Waals surface area contributed by atoms with Crippen LogP contribution in [0.3, 0.4) is 0 Å². The molecule has 3 aromatic rings. The number of hydrogen-bond donors (Lipinski definition) is 0. The van der Waals surface area contributed by atoms with E-state index in [1.807, 2.05) is 54.3 Å². The van der Waals surface area contributed by atoms with Crippen molar-refractivity contribution in [3.63, 3.8) is 0 Å². The van der Waals surface area contributed by atoms with E-state index in [4.69, 9.17) is 0 Å². The van der Waals surface area contributed by atoms with Crippen LogP contribution in [0.5, 0.6) is 0 Å². The van der Waals surface area contributed by atoms with E-state index in [0.717, 1.165) is 72.9 Å². The number of halogens is 3. The average molecular weight is 632 g/mol. The van der Waals surface area contributed by atoms with Gasteiger partial charge in [-0.3, -0.25) is 9.59 Å². The molecular weight excluding hydrogens is 591 g/mol. The Kier molecular flexibility index (Phi) is 10.7. The van der Waals surface area contributed by atoms with Crippen LogP contribution < -0.4 is 5.56 Å². The number of carbonyl (C=O) groups excluding carboxylic acids is 1. The van der Waals surface area contributed by atoms with Crippen molar-refractivity contribution in [2.75, 3.05) is 20.1 Å². The van der Waals surface area contributed by atoms with E-state index >= 15 is 0 Å². The van der Waals surface area contributed by atoms with E-state index in [0.29, 0.717) is 31.6 Å². The van der Waals surface area contributed by atoms with E-state index in [2.05, 4.69) is 34.2 Å². The van der Waals surface area contributed by atoms with Crippen LogP contribution >= 0.6 is 0 Å². The summed E-state index contributed by atoms with van der Waals surface area (Å²) in [5.41, 5.74) is 2.77. The molecule has 0 radical (unpaired) electrons. The SMILES string of the molecule is CC(C(=O)N(Cc1ccc(Cc2ccc(C(F)(F)F)cc2)cc1)C1CCN(C)CC1)n1ncc(=O)nc1CCC1=CCC=CC=C1. The number of nitrogens with zero attached hydrogens (tertiary/aromatic N) is 5. The Morgan fingerprint density at radius 1 is 0.978 bits per heavy atom. The van der Waals surface area contributed by atoms with Gasteiger partial charge in [-0.1, -0.05) is 72.4 Å². The largest absolute Gasteiger partial charge is 0.416 e. The van der Waals surface area contributed by atoms with Gasteiger partial charge in [-0.15, -0.1) is 0 Å². The van der Waals surface area contributed by atoms with Crippen LogP contribution in [-0.2, 0) is 30.4 Å². The number of rotatable bonds is 10. The molecule has 1 aliphatic heterocycles. The van der Waals surface area contributed by atoms with Crippen molar-refractivity contribution < 1.29 is 18.0 Å². The third-order valence-electron chi connectivity index (χ3n) is 8.71. The van der Waals surface area contributed by atoms with Gasteiger partial charge in [-0.05, 0) is 88.0 Å². The molecule has 1 amide bonds. The Morgan fingerprint density at radius 3 is 2.30 bits per heavy atom. The van der Waals surface area contributed by atoms with Gasteiger partial charge in [0.25, 0.3) is 5.56 Å². The van der Waals surface area contributed by atoms with Crippen LogP contribution in [-0.4, -0.2) is 56.7 Å². The first-order chi connectivity index (χ1) is 22.1. The van der Waals surface area contributed by atoms with Gasteiger partial charge >= 0.3 is 6.18 Å². The molecule has 1 fully saturated rings. The Morgan fingerprint density at radius 2 is 1.63 bits per heavy atom. The minimum Gasteiger partial charge on any atom is -0.333 e. The summed E-state index contributed by atoms with van der Waals surface area (Å²) >= 11 is 0. The first-order valence-corrected chi connectivity index (χ1v) is 15.8. The van der Waals surface area contributed by atoms with Crippen molar-refractivity contribution in [1.29, 1.82) is 0 Å². The number of amides is 1. The van der Waals surface area contributed by atoms with Crippen LogP contribution in [0, 0.1) is 0 Å². The summed E-state index contributed by atoms with van der Waals surface area (Å²) in [6.07, 6.45) is 11.3. The van der Waals surface area contributed by atoms with Crippen LogP contribution in [0.4, 0.5) is 13.2 Å². The third-order valence-corrected chi connectivity index (χ3v) is 8.71. The summed E-state index contributed by atoms with van der Waals surface area (Å²) in [5, 5.41) is 4.37. The molecule has 1 saturated heterocycles. The zero-order chi connectivity index (χ0) is 32.7. The number of aryl methyl sites for hydroxylation is 1. The molecule has 1 aromatic heterocycles. The lowest BCUT2D eigenvalue weighted by Gasteiger charge is -2.39. The summed E-state index contributed by atoms with van der Waals surface area (Å²) in [4.78, 5) is 34.9. The first-order valence-electron chi connectivity index (χ1n) is 15.8. The number of hydrogen-bond acceptors (Lipinski definition) is 5. The van der Waals surface area contributed by atoms with E-state index in [9.17, 15) is 22.8 Å². The fourth-order valence-electron chi connectivity index (χ4n) is 5.99. The molecule has 2 heterocycles. The molecule has 0 bridgehead atoms. The van der Waals surface area contributed by atoms with Crippen LogP contribution in [0.2, 0.25) is 0 Å². The van der Waals surface area contributed by atoms with Crippen LogP contribution in [0.15, 0.2) is 95.5 Å². The lowest BCUT2D eigenvalue weighted by Crippen LogP contribution is -2.48. The number of likely N-dealkylation sites (tertiary alicyclic amines) is 1. The first kappa shape index (κ1) is 33.1. The number of aromatic nitrogens is 3. The quantitative estimate of drug-likeness (QED) is 0.263. The summed E-state index contributed by atoms with van der Waals surface area (Å²) in [7, 11) is 2.08. The van der Waals surface area contributed by atoms with Crippen LogP contribution in [0.1, 0.15) is 66.7 Å². The maximum Gasteiger partial charge on any atom is 0.416 e. The average Bonchev–Trinajstić information content (AvgIpc) is 3.32. The molecule has 0 spiro atoms. The molecule has 0 saturated carbocycles. The molecule has 0 N–H and O–H groups in total. The summed E-state index contributed by atoms with van der Waals surface area (Å²) in [6, 6.07) is 12.5. The van der Waals surface area contributed by atoms with Crippen LogP contribution in [0.25, 0.3) is 0 Å². The topological polar surface area (TPSA) is 71.3 Å².